The number of hydrogen-bond donors (Lipinski definition) is 2. The van der Waals surface area contributed by atoms with E-state index in [1.54, 1.807) is 24.3 Å². The molecule has 1 aromatic carbocycles. The Morgan fingerprint density at radius 1 is 1.29 bits per heavy atom. The van der Waals surface area contributed by atoms with Crippen LogP contribution in [0.1, 0.15) is 30.5 Å². The average molecular weight is 365 g/mol. The number of aromatic nitrogens is 1. The first-order valence-electron chi connectivity index (χ1n) is 7.76. The molecule has 1 fully saturated rings. The summed E-state index contributed by atoms with van der Waals surface area (Å²) in [6, 6.07) is 6.77. The minimum atomic E-state index is -3.42. The number of hydrogen-bond acceptors (Lipinski definition) is 5. The Morgan fingerprint density at radius 3 is 2.58 bits per heavy atom. The Bertz CT molecular complexity index is 825. The first-order chi connectivity index (χ1) is 11.4. The SMILES string of the molecule is Cc1csc(NC(=O)CCc2ccc(S(=O)(=O)NC3CC3)cc2)n1. The average Bonchev–Trinajstić information content (AvgIpc) is 3.25. The first-order valence-corrected chi connectivity index (χ1v) is 10.1. The van der Waals surface area contributed by atoms with Crippen molar-refractivity contribution in [3.05, 3.63) is 40.9 Å². The smallest absolute Gasteiger partial charge is 0.240 e. The van der Waals surface area contributed by atoms with Crippen LogP contribution >= 0.6 is 11.3 Å². The van der Waals surface area contributed by atoms with Crippen molar-refractivity contribution in [1.29, 1.82) is 0 Å². The number of nitrogens with zero attached hydrogens (tertiary/aromatic N) is 1. The number of nitrogens with one attached hydrogen (secondary N) is 2. The number of rotatable bonds is 7. The number of thiazole rings is 1. The molecule has 0 radical (unpaired) electrons. The van der Waals surface area contributed by atoms with Crippen molar-refractivity contribution < 1.29 is 13.2 Å². The second-order valence-electron chi connectivity index (χ2n) is 5.88. The van der Waals surface area contributed by atoms with Gasteiger partial charge >= 0.3 is 0 Å². The summed E-state index contributed by atoms with van der Waals surface area (Å²) in [4.78, 5) is 16.3. The van der Waals surface area contributed by atoms with E-state index in [0.717, 1.165) is 24.1 Å². The van der Waals surface area contributed by atoms with Gasteiger partial charge in [0.2, 0.25) is 15.9 Å². The van der Waals surface area contributed by atoms with Crippen molar-refractivity contribution in [2.45, 2.75) is 43.5 Å². The number of sulfonamides is 1. The number of anilines is 1. The Balaban J connectivity index is 1.53. The predicted molar refractivity (Wildman–Crippen MR) is 93.6 cm³/mol. The van der Waals surface area contributed by atoms with Crippen molar-refractivity contribution in [1.82, 2.24) is 9.71 Å². The van der Waals surface area contributed by atoms with Gasteiger partial charge < -0.3 is 5.32 Å². The first kappa shape index (κ1) is 17.1. The number of carbonyl (C=O) groups excluding carboxylic acids is 1. The minimum Gasteiger partial charge on any atom is -0.302 e. The van der Waals surface area contributed by atoms with Gasteiger partial charge in [0, 0.05) is 17.8 Å². The Labute approximate surface area is 145 Å². The molecular weight excluding hydrogens is 346 g/mol. The van der Waals surface area contributed by atoms with E-state index in [-0.39, 0.29) is 16.8 Å². The molecule has 6 nitrogen and oxygen atoms in total. The fourth-order valence-electron chi connectivity index (χ4n) is 2.17. The molecule has 1 amide bonds. The Kier molecular flexibility index (Phi) is 4.98. The zero-order valence-corrected chi connectivity index (χ0v) is 14.9. The molecule has 0 unspecified atom stereocenters. The highest BCUT2D eigenvalue weighted by atomic mass is 32.2. The molecule has 8 heteroatoms. The lowest BCUT2D eigenvalue weighted by molar-refractivity contribution is -0.116. The lowest BCUT2D eigenvalue weighted by Gasteiger charge is -2.07. The summed E-state index contributed by atoms with van der Waals surface area (Å²) < 4.78 is 26.8. The van der Waals surface area contributed by atoms with Crippen molar-refractivity contribution in [3.8, 4) is 0 Å². The molecule has 0 aliphatic heterocycles. The highest BCUT2D eigenvalue weighted by molar-refractivity contribution is 7.89. The highest BCUT2D eigenvalue weighted by Crippen LogP contribution is 2.22. The largest absolute Gasteiger partial charge is 0.302 e. The molecule has 128 valence electrons. The van der Waals surface area contributed by atoms with Gasteiger partial charge in [-0.25, -0.2) is 18.1 Å². The standard InChI is InChI=1S/C16H19N3O3S2/c1-11-10-23-16(17-11)18-15(20)9-4-12-2-7-14(8-3-12)24(21,22)19-13-5-6-13/h2-3,7-8,10,13,19H,4-6,9H2,1H3,(H,17,18,20). The molecule has 24 heavy (non-hydrogen) atoms. The zero-order valence-electron chi connectivity index (χ0n) is 13.3. The fourth-order valence-corrected chi connectivity index (χ4v) is 4.18. The monoisotopic (exact) mass is 365 g/mol. The third-order valence-corrected chi connectivity index (χ3v) is 6.05. The molecule has 1 saturated carbocycles. The van der Waals surface area contributed by atoms with E-state index >= 15 is 0 Å². The maximum Gasteiger partial charge on any atom is 0.240 e. The molecule has 1 aliphatic carbocycles. The Morgan fingerprint density at radius 2 is 2.00 bits per heavy atom. The van der Waals surface area contributed by atoms with E-state index in [9.17, 15) is 13.2 Å². The van der Waals surface area contributed by atoms with Crippen LogP contribution in [0.2, 0.25) is 0 Å². The molecule has 0 bridgehead atoms. The van der Waals surface area contributed by atoms with Crippen LogP contribution in [0.4, 0.5) is 5.13 Å². The summed E-state index contributed by atoms with van der Waals surface area (Å²) in [6.45, 7) is 1.87. The molecule has 1 aliphatic rings. The molecule has 0 saturated heterocycles. The summed E-state index contributed by atoms with van der Waals surface area (Å²) in [5, 5.41) is 5.24. The molecule has 2 aromatic rings. The van der Waals surface area contributed by atoms with Gasteiger partial charge in [-0.3, -0.25) is 4.79 Å². The van der Waals surface area contributed by atoms with E-state index in [4.69, 9.17) is 0 Å². The molecule has 1 heterocycles. The minimum absolute atomic E-state index is 0.0906. The number of benzene rings is 1. The van der Waals surface area contributed by atoms with Gasteiger partial charge in [-0.05, 0) is 43.9 Å². The van der Waals surface area contributed by atoms with Crippen LogP contribution in [0.5, 0.6) is 0 Å². The summed E-state index contributed by atoms with van der Waals surface area (Å²) in [5.41, 5.74) is 1.80. The van der Waals surface area contributed by atoms with E-state index in [0.29, 0.717) is 18.0 Å². The number of carbonyl (C=O) groups is 1. The van der Waals surface area contributed by atoms with Gasteiger partial charge in [-0.2, -0.15) is 0 Å². The quantitative estimate of drug-likeness (QED) is 0.789. The summed E-state index contributed by atoms with van der Waals surface area (Å²) in [6.07, 6.45) is 2.69. The third kappa shape index (κ3) is 4.62. The van der Waals surface area contributed by atoms with Crippen LogP contribution in [0.25, 0.3) is 0 Å². The van der Waals surface area contributed by atoms with Gasteiger partial charge in [0.05, 0.1) is 10.6 Å². The molecule has 0 atom stereocenters. The fraction of sp³-hybridized carbons (Fsp3) is 0.375. The van der Waals surface area contributed by atoms with Crippen LogP contribution in [-0.4, -0.2) is 25.4 Å². The number of aryl methyl sites for hydroxylation is 2. The van der Waals surface area contributed by atoms with Crippen molar-refractivity contribution in [2.24, 2.45) is 0 Å². The lowest BCUT2D eigenvalue weighted by atomic mass is 10.1. The van der Waals surface area contributed by atoms with Gasteiger partial charge in [0.1, 0.15) is 0 Å². The molecular formula is C16H19N3O3S2. The van der Waals surface area contributed by atoms with E-state index in [1.165, 1.54) is 11.3 Å². The highest BCUT2D eigenvalue weighted by Gasteiger charge is 2.27. The maximum absolute atomic E-state index is 12.1. The maximum atomic E-state index is 12.1. The normalized spacial score (nSPS) is 14.5. The van der Waals surface area contributed by atoms with E-state index < -0.39 is 10.0 Å². The summed E-state index contributed by atoms with van der Waals surface area (Å²) in [7, 11) is -3.42. The Hall–Kier alpha value is -1.77. The molecule has 2 N–H and O–H groups in total. The van der Waals surface area contributed by atoms with Crippen LogP contribution in [0.3, 0.4) is 0 Å². The summed E-state index contributed by atoms with van der Waals surface area (Å²) >= 11 is 1.40. The molecule has 0 spiro atoms. The van der Waals surface area contributed by atoms with Crippen molar-refractivity contribution in [2.75, 3.05) is 5.32 Å². The zero-order chi connectivity index (χ0) is 17.2. The topological polar surface area (TPSA) is 88.2 Å². The van der Waals surface area contributed by atoms with Crippen molar-refractivity contribution >= 4 is 32.4 Å². The van der Waals surface area contributed by atoms with E-state index in [2.05, 4.69) is 15.0 Å². The van der Waals surface area contributed by atoms with Gasteiger partial charge in [0.25, 0.3) is 0 Å². The van der Waals surface area contributed by atoms with Crippen LogP contribution in [0.15, 0.2) is 34.5 Å². The lowest BCUT2D eigenvalue weighted by Crippen LogP contribution is -2.25. The van der Waals surface area contributed by atoms with Crippen LogP contribution < -0.4 is 10.0 Å². The molecule has 3 rings (SSSR count). The van der Waals surface area contributed by atoms with Gasteiger partial charge in [0.15, 0.2) is 5.13 Å². The molecule has 1 aromatic heterocycles. The predicted octanol–water partition coefficient (Wildman–Crippen LogP) is 2.46. The second kappa shape index (κ2) is 7.00. The second-order valence-corrected chi connectivity index (χ2v) is 8.45. The van der Waals surface area contributed by atoms with Gasteiger partial charge in [-0.1, -0.05) is 12.1 Å². The van der Waals surface area contributed by atoms with E-state index in [1.807, 2.05) is 12.3 Å². The third-order valence-electron chi connectivity index (χ3n) is 3.64. The van der Waals surface area contributed by atoms with Crippen molar-refractivity contribution in [3.63, 3.8) is 0 Å². The number of amides is 1. The van der Waals surface area contributed by atoms with Crippen LogP contribution in [-0.2, 0) is 21.2 Å². The van der Waals surface area contributed by atoms with Crippen LogP contribution in [0, 0.1) is 6.92 Å². The van der Waals surface area contributed by atoms with Gasteiger partial charge in [-0.15, -0.1) is 11.3 Å². The summed E-state index contributed by atoms with van der Waals surface area (Å²) in [5.74, 6) is -0.101.